The standard InChI is InChI=1S/C16H16FNO/c1-12(13-7-9-14(17)10-8-13)11-16(19)18-15-5-3-2-4-6-15/h2-10,12H,11H2,1H3,(H,18,19). The van der Waals surface area contributed by atoms with E-state index in [0.29, 0.717) is 6.42 Å². The SMILES string of the molecule is CC(CC(=O)Nc1ccccc1)c1ccc(F)cc1. The van der Waals surface area contributed by atoms with E-state index in [9.17, 15) is 9.18 Å². The van der Waals surface area contributed by atoms with Crippen LogP contribution < -0.4 is 5.32 Å². The van der Waals surface area contributed by atoms with Crippen LogP contribution in [-0.2, 0) is 4.79 Å². The molecule has 1 unspecified atom stereocenters. The molecule has 1 amide bonds. The zero-order valence-electron chi connectivity index (χ0n) is 10.8. The molecule has 2 rings (SSSR count). The molecule has 0 saturated heterocycles. The van der Waals surface area contributed by atoms with Gasteiger partial charge in [-0.2, -0.15) is 0 Å². The van der Waals surface area contributed by atoms with Gasteiger partial charge < -0.3 is 5.32 Å². The Balaban J connectivity index is 1.93. The van der Waals surface area contributed by atoms with Crippen LogP contribution in [0.25, 0.3) is 0 Å². The van der Waals surface area contributed by atoms with E-state index in [4.69, 9.17) is 0 Å². The third kappa shape index (κ3) is 3.91. The summed E-state index contributed by atoms with van der Waals surface area (Å²) in [4.78, 5) is 11.9. The summed E-state index contributed by atoms with van der Waals surface area (Å²) in [5.74, 6) is -0.239. The van der Waals surface area contributed by atoms with E-state index in [1.807, 2.05) is 37.3 Å². The number of carbonyl (C=O) groups is 1. The lowest BCUT2D eigenvalue weighted by molar-refractivity contribution is -0.116. The molecule has 0 heterocycles. The third-order valence-corrected chi connectivity index (χ3v) is 2.99. The van der Waals surface area contributed by atoms with Crippen molar-refractivity contribution in [1.29, 1.82) is 0 Å². The first-order chi connectivity index (χ1) is 9.15. The molecule has 0 spiro atoms. The van der Waals surface area contributed by atoms with Gasteiger partial charge in [-0.05, 0) is 35.7 Å². The van der Waals surface area contributed by atoms with Crippen molar-refractivity contribution in [2.45, 2.75) is 19.3 Å². The van der Waals surface area contributed by atoms with Crippen LogP contribution in [0, 0.1) is 5.82 Å². The molecule has 3 heteroatoms. The Hall–Kier alpha value is -2.16. The van der Waals surface area contributed by atoms with Gasteiger partial charge in [-0.3, -0.25) is 4.79 Å². The topological polar surface area (TPSA) is 29.1 Å². The lowest BCUT2D eigenvalue weighted by atomic mass is 9.97. The smallest absolute Gasteiger partial charge is 0.224 e. The first-order valence-corrected chi connectivity index (χ1v) is 6.25. The molecule has 19 heavy (non-hydrogen) atoms. The predicted molar refractivity (Wildman–Crippen MR) is 74.5 cm³/mol. The lowest BCUT2D eigenvalue weighted by Gasteiger charge is -2.12. The molecule has 2 aromatic carbocycles. The largest absolute Gasteiger partial charge is 0.326 e. The van der Waals surface area contributed by atoms with Crippen LogP contribution in [0.1, 0.15) is 24.8 Å². The maximum atomic E-state index is 12.8. The van der Waals surface area contributed by atoms with Crippen LogP contribution in [0.15, 0.2) is 54.6 Å². The lowest BCUT2D eigenvalue weighted by Crippen LogP contribution is -2.14. The highest BCUT2D eigenvalue weighted by molar-refractivity contribution is 5.91. The van der Waals surface area contributed by atoms with Crippen molar-refractivity contribution in [2.75, 3.05) is 5.32 Å². The zero-order chi connectivity index (χ0) is 13.7. The zero-order valence-corrected chi connectivity index (χ0v) is 10.8. The van der Waals surface area contributed by atoms with Crippen molar-refractivity contribution in [3.8, 4) is 0 Å². The molecule has 1 N–H and O–H groups in total. The third-order valence-electron chi connectivity index (χ3n) is 2.99. The van der Waals surface area contributed by atoms with Crippen LogP contribution in [0.3, 0.4) is 0 Å². The quantitative estimate of drug-likeness (QED) is 0.882. The second-order valence-corrected chi connectivity index (χ2v) is 4.57. The Morgan fingerprint density at radius 2 is 1.74 bits per heavy atom. The summed E-state index contributed by atoms with van der Waals surface area (Å²) >= 11 is 0. The van der Waals surface area contributed by atoms with Gasteiger partial charge in [0.25, 0.3) is 0 Å². The molecule has 0 aliphatic rings. The van der Waals surface area contributed by atoms with Gasteiger partial charge in [-0.15, -0.1) is 0 Å². The van der Waals surface area contributed by atoms with Gasteiger partial charge in [0.15, 0.2) is 0 Å². The van der Waals surface area contributed by atoms with Gasteiger partial charge in [0.1, 0.15) is 5.82 Å². The summed E-state index contributed by atoms with van der Waals surface area (Å²) in [6, 6.07) is 15.6. The monoisotopic (exact) mass is 257 g/mol. The van der Waals surface area contributed by atoms with Gasteiger partial charge in [-0.1, -0.05) is 37.3 Å². The fourth-order valence-corrected chi connectivity index (χ4v) is 1.92. The molecule has 0 aliphatic carbocycles. The van der Waals surface area contributed by atoms with Gasteiger partial charge in [0.2, 0.25) is 5.91 Å². The van der Waals surface area contributed by atoms with E-state index < -0.39 is 0 Å². The first kappa shape index (κ1) is 13.3. The molecule has 1 atom stereocenters. The van der Waals surface area contributed by atoms with Gasteiger partial charge in [-0.25, -0.2) is 4.39 Å². The minimum Gasteiger partial charge on any atom is -0.326 e. The number of carbonyl (C=O) groups excluding carboxylic acids is 1. The number of benzene rings is 2. The Morgan fingerprint density at radius 3 is 2.37 bits per heavy atom. The second kappa shape index (κ2) is 6.14. The van der Waals surface area contributed by atoms with E-state index in [-0.39, 0.29) is 17.6 Å². The number of halogens is 1. The minimum absolute atomic E-state index is 0.0389. The molecule has 0 aliphatic heterocycles. The number of rotatable bonds is 4. The van der Waals surface area contributed by atoms with Crippen LogP contribution in [0.4, 0.5) is 10.1 Å². The van der Waals surface area contributed by atoms with Crippen molar-refractivity contribution in [2.24, 2.45) is 0 Å². The Labute approximate surface area is 112 Å². The van der Waals surface area contributed by atoms with Crippen molar-refractivity contribution < 1.29 is 9.18 Å². The number of anilines is 1. The average molecular weight is 257 g/mol. The highest BCUT2D eigenvalue weighted by atomic mass is 19.1. The van der Waals surface area contributed by atoms with E-state index in [2.05, 4.69) is 5.32 Å². The maximum Gasteiger partial charge on any atom is 0.224 e. The molecule has 98 valence electrons. The van der Waals surface area contributed by atoms with E-state index >= 15 is 0 Å². The van der Waals surface area contributed by atoms with E-state index in [1.54, 1.807) is 12.1 Å². The molecule has 0 aromatic heterocycles. The Morgan fingerprint density at radius 1 is 1.11 bits per heavy atom. The van der Waals surface area contributed by atoms with E-state index in [0.717, 1.165) is 11.3 Å². The molecule has 0 saturated carbocycles. The fraction of sp³-hybridized carbons (Fsp3) is 0.188. The summed E-state index contributed by atoms with van der Waals surface area (Å²) in [6.45, 7) is 1.96. The van der Waals surface area contributed by atoms with Gasteiger partial charge >= 0.3 is 0 Å². The first-order valence-electron chi connectivity index (χ1n) is 6.25. The van der Waals surface area contributed by atoms with Gasteiger partial charge in [0, 0.05) is 12.1 Å². The molecular weight excluding hydrogens is 241 g/mol. The normalized spacial score (nSPS) is 11.9. The number of hydrogen-bond acceptors (Lipinski definition) is 1. The Kier molecular flexibility index (Phi) is 4.29. The number of para-hydroxylation sites is 1. The van der Waals surface area contributed by atoms with Crippen molar-refractivity contribution in [3.63, 3.8) is 0 Å². The van der Waals surface area contributed by atoms with Crippen molar-refractivity contribution >= 4 is 11.6 Å². The highest BCUT2D eigenvalue weighted by Gasteiger charge is 2.11. The summed E-state index contributed by atoms with van der Waals surface area (Å²) < 4.78 is 12.8. The van der Waals surface area contributed by atoms with Crippen molar-refractivity contribution in [1.82, 2.24) is 0 Å². The van der Waals surface area contributed by atoms with Crippen LogP contribution in [-0.4, -0.2) is 5.91 Å². The highest BCUT2D eigenvalue weighted by Crippen LogP contribution is 2.20. The summed E-state index contributed by atoms with van der Waals surface area (Å²) in [5, 5.41) is 2.84. The number of nitrogens with one attached hydrogen (secondary N) is 1. The van der Waals surface area contributed by atoms with E-state index in [1.165, 1.54) is 12.1 Å². The molecule has 0 bridgehead atoms. The molecule has 2 aromatic rings. The van der Waals surface area contributed by atoms with Crippen molar-refractivity contribution in [3.05, 3.63) is 66.0 Å². The molecule has 0 fully saturated rings. The predicted octanol–water partition coefficient (Wildman–Crippen LogP) is 3.96. The molecule has 2 nitrogen and oxygen atoms in total. The summed E-state index contributed by atoms with van der Waals surface area (Å²) in [5.41, 5.74) is 1.75. The average Bonchev–Trinajstić information content (AvgIpc) is 2.40. The molecule has 0 radical (unpaired) electrons. The number of hydrogen-bond donors (Lipinski definition) is 1. The summed E-state index contributed by atoms with van der Waals surface area (Å²) in [6.07, 6.45) is 0.376. The van der Waals surface area contributed by atoms with Crippen LogP contribution in [0.2, 0.25) is 0 Å². The summed E-state index contributed by atoms with van der Waals surface area (Å²) in [7, 11) is 0. The Bertz CT molecular complexity index is 536. The van der Waals surface area contributed by atoms with Crippen LogP contribution >= 0.6 is 0 Å². The van der Waals surface area contributed by atoms with Crippen LogP contribution in [0.5, 0.6) is 0 Å². The van der Waals surface area contributed by atoms with Gasteiger partial charge in [0.05, 0.1) is 0 Å². The minimum atomic E-state index is -0.260. The molecular formula is C16H16FNO. The number of amides is 1. The second-order valence-electron chi connectivity index (χ2n) is 4.57. The fourth-order valence-electron chi connectivity index (χ4n) is 1.92. The maximum absolute atomic E-state index is 12.8.